The summed E-state index contributed by atoms with van der Waals surface area (Å²) in [5.74, 6) is -0.0875. The van der Waals surface area contributed by atoms with Crippen molar-refractivity contribution in [1.29, 1.82) is 0 Å². The number of fused-ring (bicyclic) bond motifs is 3. The molecule has 3 heterocycles. The molecule has 0 saturated carbocycles. The average Bonchev–Trinajstić information content (AvgIpc) is 3.45. The van der Waals surface area contributed by atoms with Crippen molar-refractivity contribution in [3.05, 3.63) is 92.5 Å². The van der Waals surface area contributed by atoms with Gasteiger partial charge in [0.2, 0.25) is 0 Å². The van der Waals surface area contributed by atoms with Crippen LogP contribution >= 0.6 is 11.3 Å². The van der Waals surface area contributed by atoms with E-state index in [-0.39, 0.29) is 5.56 Å². The lowest BCUT2D eigenvalue weighted by Gasteiger charge is -2.15. The molecule has 0 bridgehead atoms. The Bertz CT molecular complexity index is 1480. The third-order valence-corrected chi connectivity index (χ3v) is 7.01. The van der Waals surface area contributed by atoms with Gasteiger partial charge in [0.25, 0.3) is 5.56 Å². The van der Waals surface area contributed by atoms with Crippen LogP contribution in [-0.2, 0) is 12.8 Å². The Hall–Kier alpha value is -3.44. The van der Waals surface area contributed by atoms with Crippen LogP contribution < -0.4 is 10.3 Å². The maximum Gasteiger partial charge on any atom is 0.353 e. The second-order valence-electron chi connectivity index (χ2n) is 7.91. The van der Waals surface area contributed by atoms with E-state index in [1.165, 1.54) is 16.9 Å². The molecule has 0 radical (unpaired) electrons. The van der Waals surface area contributed by atoms with E-state index in [2.05, 4.69) is 6.07 Å². The Morgan fingerprint density at radius 2 is 1.71 bits per heavy atom. The van der Waals surface area contributed by atoms with Gasteiger partial charge in [0.05, 0.1) is 11.1 Å². The summed E-state index contributed by atoms with van der Waals surface area (Å²) in [7, 11) is 0. The Morgan fingerprint density at radius 1 is 0.903 bits per heavy atom. The lowest BCUT2D eigenvalue weighted by Crippen LogP contribution is -2.21. The van der Waals surface area contributed by atoms with Crippen LogP contribution in [0.3, 0.4) is 0 Å². The van der Waals surface area contributed by atoms with Gasteiger partial charge in [-0.05, 0) is 54.3 Å². The number of ether oxygens (including phenoxy) is 1. The third kappa shape index (κ3) is 2.73. The van der Waals surface area contributed by atoms with Gasteiger partial charge in [0.15, 0.2) is 5.75 Å². The number of carbonyl (C=O) groups is 1. The number of hydrogen-bond acceptors (Lipinski definition) is 4. The highest BCUT2D eigenvalue weighted by Crippen LogP contribution is 2.40. The van der Waals surface area contributed by atoms with Crippen molar-refractivity contribution < 1.29 is 9.53 Å². The summed E-state index contributed by atoms with van der Waals surface area (Å²) in [6, 6.07) is 19.1. The number of aryl methyl sites for hydroxylation is 2. The smallest absolute Gasteiger partial charge is 0.353 e. The van der Waals surface area contributed by atoms with E-state index in [0.717, 1.165) is 53.2 Å². The minimum Gasteiger partial charge on any atom is -0.421 e. The number of carbonyl (C=O) groups excluding carboxylic acids is 1. The maximum absolute atomic E-state index is 13.9. The van der Waals surface area contributed by atoms with Crippen molar-refractivity contribution >= 4 is 33.6 Å². The molecular weight excluding hydrogens is 406 g/mol. The van der Waals surface area contributed by atoms with E-state index in [0.29, 0.717) is 16.2 Å². The molecule has 1 aliphatic carbocycles. The number of thiophene rings is 1. The lowest BCUT2D eigenvalue weighted by atomic mass is 9.95. The largest absolute Gasteiger partial charge is 0.421 e. The Morgan fingerprint density at radius 3 is 2.52 bits per heavy atom. The molecule has 5 heteroatoms. The van der Waals surface area contributed by atoms with Crippen LogP contribution in [0.1, 0.15) is 33.8 Å². The SMILES string of the molecule is O=C(Oc1c(-c2ccccc2)c(=O)n2c3c(c4cccc1c42)CCCC3)c1cccs1. The van der Waals surface area contributed by atoms with E-state index in [9.17, 15) is 9.59 Å². The van der Waals surface area contributed by atoms with Crippen LogP contribution in [0, 0.1) is 0 Å². The summed E-state index contributed by atoms with van der Waals surface area (Å²) in [5.41, 5.74) is 4.31. The molecular formula is C26H19NO3S. The molecule has 0 atom stereocenters. The lowest BCUT2D eigenvalue weighted by molar-refractivity contribution is 0.0743. The summed E-state index contributed by atoms with van der Waals surface area (Å²) in [4.78, 5) is 27.4. The molecule has 1 aliphatic rings. The van der Waals surface area contributed by atoms with Crippen molar-refractivity contribution in [2.45, 2.75) is 25.7 Å². The van der Waals surface area contributed by atoms with E-state index >= 15 is 0 Å². The molecule has 0 N–H and O–H groups in total. The highest BCUT2D eigenvalue weighted by molar-refractivity contribution is 7.12. The molecule has 0 spiro atoms. The second kappa shape index (κ2) is 7.06. The van der Waals surface area contributed by atoms with Crippen molar-refractivity contribution in [3.8, 4) is 16.9 Å². The molecule has 3 aromatic heterocycles. The van der Waals surface area contributed by atoms with Crippen LogP contribution in [0.5, 0.6) is 5.75 Å². The van der Waals surface area contributed by atoms with Gasteiger partial charge in [0, 0.05) is 16.5 Å². The normalized spacial score (nSPS) is 13.5. The zero-order chi connectivity index (χ0) is 20.9. The number of hydrogen-bond donors (Lipinski definition) is 0. The molecule has 0 saturated heterocycles. The number of esters is 1. The van der Waals surface area contributed by atoms with E-state index in [4.69, 9.17) is 4.74 Å². The number of para-hydroxylation sites is 1. The van der Waals surface area contributed by atoms with Crippen molar-refractivity contribution in [1.82, 2.24) is 4.40 Å². The molecule has 0 aliphatic heterocycles. The molecule has 4 nitrogen and oxygen atoms in total. The minimum atomic E-state index is -0.437. The monoisotopic (exact) mass is 425 g/mol. The van der Waals surface area contributed by atoms with Crippen LogP contribution in [0.4, 0.5) is 0 Å². The number of pyridine rings is 1. The summed E-state index contributed by atoms with van der Waals surface area (Å²) in [5, 5.41) is 3.74. The fraction of sp³-hybridized carbons (Fsp3) is 0.154. The molecule has 152 valence electrons. The minimum absolute atomic E-state index is 0.118. The first kappa shape index (κ1) is 18.3. The van der Waals surface area contributed by atoms with Crippen molar-refractivity contribution in [2.75, 3.05) is 0 Å². The highest BCUT2D eigenvalue weighted by Gasteiger charge is 2.27. The summed E-state index contributed by atoms with van der Waals surface area (Å²) >= 11 is 1.33. The molecule has 0 fully saturated rings. The summed E-state index contributed by atoms with van der Waals surface area (Å²) in [6.45, 7) is 0. The predicted molar refractivity (Wildman–Crippen MR) is 124 cm³/mol. The number of benzene rings is 2. The van der Waals surface area contributed by atoms with Gasteiger partial charge in [-0.3, -0.25) is 9.20 Å². The van der Waals surface area contributed by atoms with Gasteiger partial charge in [-0.2, -0.15) is 0 Å². The first-order chi connectivity index (χ1) is 15.2. The van der Waals surface area contributed by atoms with Crippen LogP contribution in [0.15, 0.2) is 70.8 Å². The fourth-order valence-electron chi connectivity index (χ4n) is 4.84. The Labute approximate surface area is 182 Å². The van der Waals surface area contributed by atoms with Gasteiger partial charge in [-0.1, -0.05) is 48.5 Å². The van der Waals surface area contributed by atoms with Crippen LogP contribution in [0.2, 0.25) is 0 Å². The number of aromatic nitrogens is 1. The average molecular weight is 426 g/mol. The van der Waals surface area contributed by atoms with E-state index in [1.807, 2.05) is 58.3 Å². The molecule has 31 heavy (non-hydrogen) atoms. The molecule has 5 aromatic rings. The second-order valence-corrected chi connectivity index (χ2v) is 8.86. The van der Waals surface area contributed by atoms with Gasteiger partial charge >= 0.3 is 5.97 Å². The molecule has 6 rings (SSSR count). The number of rotatable bonds is 3. The van der Waals surface area contributed by atoms with Crippen LogP contribution in [0.25, 0.3) is 27.4 Å². The highest BCUT2D eigenvalue weighted by atomic mass is 32.1. The summed E-state index contributed by atoms with van der Waals surface area (Å²) < 4.78 is 7.85. The van der Waals surface area contributed by atoms with Crippen LogP contribution in [-0.4, -0.2) is 10.4 Å². The van der Waals surface area contributed by atoms with Gasteiger partial charge in [0.1, 0.15) is 4.88 Å². The van der Waals surface area contributed by atoms with Gasteiger partial charge < -0.3 is 4.74 Å². The van der Waals surface area contributed by atoms with E-state index in [1.54, 1.807) is 6.07 Å². The first-order valence-corrected chi connectivity index (χ1v) is 11.4. The molecule has 2 aromatic carbocycles. The summed E-state index contributed by atoms with van der Waals surface area (Å²) in [6.07, 6.45) is 4.07. The standard InChI is InChI=1S/C26H19NO3S/c28-25-22(16-8-2-1-3-9-16)24(30-26(29)21-14-7-15-31-21)19-12-6-11-18-17-10-4-5-13-20(17)27(25)23(18)19/h1-3,6-9,11-12,14-15H,4-5,10,13H2. The zero-order valence-electron chi connectivity index (χ0n) is 16.8. The molecule has 0 amide bonds. The van der Waals surface area contributed by atoms with Crippen molar-refractivity contribution in [3.63, 3.8) is 0 Å². The number of nitrogens with zero attached hydrogens (tertiary/aromatic N) is 1. The third-order valence-electron chi connectivity index (χ3n) is 6.16. The van der Waals surface area contributed by atoms with Gasteiger partial charge in [-0.25, -0.2) is 4.79 Å². The quantitative estimate of drug-likeness (QED) is 0.348. The first-order valence-electron chi connectivity index (χ1n) is 10.5. The topological polar surface area (TPSA) is 47.8 Å². The fourth-order valence-corrected chi connectivity index (χ4v) is 5.44. The Kier molecular flexibility index (Phi) is 4.18. The molecule has 0 unspecified atom stereocenters. The zero-order valence-corrected chi connectivity index (χ0v) is 17.6. The van der Waals surface area contributed by atoms with Crippen molar-refractivity contribution in [2.24, 2.45) is 0 Å². The maximum atomic E-state index is 13.9. The van der Waals surface area contributed by atoms with Gasteiger partial charge in [-0.15, -0.1) is 11.3 Å². The van der Waals surface area contributed by atoms with E-state index < -0.39 is 5.97 Å². The Balaban J connectivity index is 1.72. The predicted octanol–water partition coefficient (Wildman–Crippen LogP) is 5.72.